The molecule has 1 aliphatic rings. The first kappa shape index (κ1) is 15.9. The largest absolute Gasteiger partial charge is 0.340 e. The van der Waals surface area contributed by atoms with Crippen LogP contribution in [0.5, 0.6) is 0 Å². The molecule has 19 heavy (non-hydrogen) atoms. The predicted octanol–water partition coefficient (Wildman–Crippen LogP) is -0.0633. The second-order valence-electron chi connectivity index (χ2n) is 5.27. The van der Waals surface area contributed by atoms with Crippen molar-refractivity contribution in [1.82, 2.24) is 10.2 Å². The molecule has 0 bridgehead atoms. The number of rotatable bonds is 5. The number of amides is 2. The minimum atomic E-state index is -3.15. The molecule has 1 fully saturated rings. The van der Waals surface area contributed by atoms with Crippen LogP contribution in [0.4, 0.5) is 0 Å². The maximum atomic E-state index is 12.3. The van der Waals surface area contributed by atoms with Crippen molar-refractivity contribution in [2.75, 3.05) is 18.1 Å². The zero-order chi connectivity index (χ0) is 14.8. The van der Waals surface area contributed by atoms with E-state index >= 15 is 0 Å². The molecular weight excluding hydrogens is 268 g/mol. The lowest BCUT2D eigenvalue weighted by molar-refractivity contribution is -0.153. The first-order valence-corrected chi connectivity index (χ1v) is 8.30. The Morgan fingerprint density at radius 3 is 2.32 bits per heavy atom. The van der Waals surface area contributed by atoms with E-state index in [2.05, 4.69) is 5.32 Å². The fourth-order valence-corrected chi connectivity index (χ4v) is 2.90. The molecule has 7 heteroatoms. The van der Waals surface area contributed by atoms with Gasteiger partial charge in [-0.3, -0.25) is 9.59 Å². The maximum absolute atomic E-state index is 12.3. The average Bonchev–Trinajstić information content (AvgIpc) is 2.31. The summed E-state index contributed by atoms with van der Waals surface area (Å²) >= 11 is 0. The topological polar surface area (TPSA) is 83.6 Å². The first-order valence-electron chi connectivity index (χ1n) is 6.48. The van der Waals surface area contributed by atoms with Gasteiger partial charge in [0.05, 0.1) is 5.75 Å². The van der Waals surface area contributed by atoms with E-state index in [-0.39, 0.29) is 29.9 Å². The molecule has 6 nitrogen and oxygen atoms in total. The van der Waals surface area contributed by atoms with Crippen molar-refractivity contribution in [1.29, 1.82) is 0 Å². The van der Waals surface area contributed by atoms with Gasteiger partial charge in [0.1, 0.15) is 11.6 Å². The molecule has 0 spiro atoms. The zero-order valence-electron chi connectivity index (χ0n) is 11.9. The van der Waals surface area contributed by atoms with Gasteiger partial charge in [-0.25, -0.2) is 8.42 Å². The standard InChI is InChI=1S/C12H22N2O4S/c1-5-9-10(15)13-12(3,4)11(16)14(9)7-8-19(17,18)6-2/h9H,5-8H2,1-4H3,(H,13,15). The Labute approximate surface area is 114 Å². The lowest BCUT2D eigenvalue weighted by Gasteiger charge is -2.42. The summed E-state index contributed by atoms with van der Waals surface area (Å²) in [6.45, 7) is 6.70. The van der Waals surface area contributed by atoms with E-state index in [1.165, 1.54) is 4.90 Å². The van der Waals surface area contributed by atoms with Crippen LogP contribution in [-0.4, -0.2) is 54.8 Å². The highest BCUT2D eigenvalue weighted by atomic mass is 32.2. The van der Waals surface area contributed by atoms with Gasteiger partial charge in [-0.05, 0) is 20.3 Å². The van der Waals surface area contributed by atoms with Crippen LogP contribution in [0.25, 0.3) is 0 Å². The summed E-state index contributed by atoms with van der Waals surface area (Å²) in [4.78, 5) is 25.6. The molecule has 1 saturated heterocycles. The highest BCUT2D eigenvalue weighted by Gasteiger charge is 2.44. The molecule has 1 aliphatic heterocycles. The lowest BCUT2D eigenvalue weighted by atomic mass is 9.96. The Balaban J connectivity index is 2.92. The van der Waals surface area contributed by atoms with Gasteiger partial charge in [0.2, 0.25) is 11.8 Å². The fourth-order valence-electron chi connectivity index (χ4n) is 2.13. The molecule has 0 aromatic rings. The quantitative estimate of drug-likeness (QED) is 0.768. The van der Waals surface area contributed by atoms with Crippen LogP contribution in [0.1, 0.15) is 34.1 Å². The van der Waals surface area contributed by atoms with E-state index in [0.717, 1.165) is 0 Å². The highest BCUT2D eigenvalue weighted by Crippen LogP contribution is 2.19. The van der Waals surface area contributed by atoms with Gasteiger partial charge in [0, 0.05) is 12.3 Å². The molecule has 0 aliphatic carbocycles. The van der Waals surface area contributed by atoms with Crippen LogP contribution in [0.15, 0.2) is 0 Å². The Hall–Kier alpha value is -1.11. The van der Waals surface area contributed by atoms with Gasteiger partial charge >= 0.3 is 0 Å². The Morgan fingerprint density at radius 1 is 1.26 bits per heavy atom. The van der Waals surface area contributed by atoms with E-state index in [1.54, 1.807) is 27.7 Å². The summed E-state index contributed by atoms with van der Waals surface area (Å²) in [6.07, 6.45) is 0.472. The van der Waals surface area contributed by atoms with Crippen LogP contribution in [0.2, 0.25) is 0 Å². The monoisotopic (exact) mass is 290 g/mol. The fraction of sp³-hybridized carbons (Fsp3) is 0.833. The summed E-state index contributed by atoms with van der Waals surface area (Å²) in [6, 6.07) is -0.576. The zero-order valence-corrected chi connectivity index (χ0v) is 12.7. The lowest BCUT2D eigenvalue weighted by Crippen LogP contribution is -2.68. The second kappa shape index (κ2) is 5.48. The van der Waals surface area contributed by atoms with E-state index in [0.29, 0.717) is 6.42 Å². The average molecular weight is 290 g/mol. The maximum Gasteiger partial charge on any atom is 0.248 e. The highest BCUT2D eigenvalue weighted by molar-refractivity contribution is 7.91. The Bertz CT molecular complexity index is 470. The minimum Gasteiger partial charge on any atom is -0.340 e. The second-order valence-corrected chi connectivity index (χ2v) is 7.75. The molecule has 1 atom stereocenters. The van der Waals surface area contributed by atoms with E-state index in [9.17, 15) is 18.0 Å². The summed E-state index contributed by atoms with van der Waals surface area (Å²) < 4.78 is 23.1. The smallest absolute Gasteiger partial charge is 0.248 e. The molecule has 0 saturated carbocycles. The van der Waals surface area contributed by atoms with Crippen molar-refractivity contribution >= 4 is 21.7 Å². The van der Waals surface area contributed by atoms with Crippen molar-refractivity contribution in [2.45, 2.75) is 45.7 Å². The van der Waals surface area contributed by atoms with Gasteiger partial charge in [0.25, 0.3) is 0 Å². The third-order valence-corrected chi connectivity index (χ3v) is 5.06. The number of carbonyl (C=O) groups is 2. The molecule has 1 N–H and O–H groups in total. The predicted molar refractivity (Wildman–Crippen MR) is 72.3 cm³/mol. The number of hydrogen-bond donors (Lipinski definition) is 1. The minimum absolute atomic E-state index is 0.0431. The van der Waals surface area contributed by atoms with Gasteiger partial charge in [-0.1, -0.05) is 13.8 Å². The SMILES string of the molecule is CCC1C(=O)NC(C)(C)C(=O)N1CCS(=O)(=O)CC. The number of piperazine rings is 1. The first-order chi connectivity index (χ1) is 8.64. The summed E-state index contributed by atoms with van der Waals surface area (Å²) in [5.41, 5.74) is -0.973. The van der Waals surface area contributed by atoms with Crippen LogP contribution < -0.4 is 5.32 Å². The van der Waals surface area contributed by atoms with Crippen molar-refractivity contribution in [3.05, 3.63) is 0 Å². The Morgan fingerprint density at radius 2 is 1.84 bits per heavy atom. The van der Waals surface area contributed by atoms with Crippen molar-refractivity contribution in [3.63, 3.8) is 0 Å². The van der Waals surface area contributed by atoms with Crippen LogP contribution in [0.3, 0.4) is 0 Å². The number of carbonyl (C=O) groups excluding carboxylic acids is 2. The molecule has 0 aromatic carbocycles. The molecule has 1 unspecified atom stereocenters. The third kappa shape index (κ3) is 3.46. The molecule has 0 radical (unpaired) electrons. The molecule has 1 heterocycles. The van der Waals surface area contributed by atoms with E-state index in [1.807, 2.05) is 0 Å². The summed E-state index contributed by atoms with van der Waals surface area (Å²) in [5, 5.41) is 2.67. The van der Waals surface area contributed by atoms with E-state index < -0.39 is 21.4 Å². The van der Waals surface area contributed by atoms with Crippen molar-refractivity contribution < 1.29 is 18.0 Å². The normalized spacial score (nSPS) is 23.4. The van der Waals surface area contributed by atoms with Crippen LogP contribution in [-0.2, 0) is 19.4 Å². The number of nitrogens with one attached hydrogen (secondary N) is 1. The molecule has 0 aromatic heterocycles. The van der Waals surface area contributed by atoms with Crippen LogP contribution in [0, 0.1) is 0 Å². The van der Waals surface area contributed by atoms with Gasteiger partial charge < -0.3 is 10.2 Å². The Kier molecular flexibility index (Phi) is 4.60. The third-order valence-electron chi connectivity index (χ3n) is 3.38. The number of hydrogen-bond acceptors (Lipinski definition) is 4. The molecule has 2 amide bonds. The van der Waals surface area contributed by atoms with Crippen molar-refractivity contribution in [3.8, 4) is 0 Å². The van der Waals surface area contributed by atoms with Crippen molar-refractivity contribution in [2.24, 2.45) is 0 Å². The van der Waals surface area contributed by atoms with Gasteiger partial charge in [-0.15, -0.1) is 0 Å². The molecular formula is C12H22N2O4S. The van der Waals surface area contributed by atoms with Gasteiger partial charge in [-0.2, -0.15) is 0 Å². The van der Waals surface area contributed by atoms with Crippen LogP contribution >= 0.6 is 0 Å². The number of nitrogens with zero attached hydrogens (tertiary/aromatic N) is 1. The molecule has 110 valence electrons. The molecule has 1 rings (SSSR count). The summed E-state index contributed by atoms with van der Waals surface area (Å²) in [5.74, 6) is -0.512. The number of sulfone groups is 1. The van der Waals surface area contributed by atoms with E-state index in [4.69, 9.17) is 0 Å². The van der Waals surface area contributed by atoms with Gasteiger partial charge in [0.15, 0.2) is 9.84 Å². The summed E-state index contributed by atoms with van der Waals surface area (Å²) in [7, 11) is -3.15.